The largest absolute Gasteiger partial charge is 0.378 e. The molecule has 1 aromatic rings. The van der Waals surface area contributed by atoms with Gasteiger partial charge in [0.05, 0.1) is 0 Å². The molecule has 5 nitrogen and oxygen atoms in total. The van der Waals surface area contributed by atoms with E-state index in [4.69, 9.17) is 11.6 Å². The second kappa shape index (κ2) is 7.11. The normalized spacial score (nSPS) is 18.3. The van der Waals surface area contributed by atoms with Crippen LogP contribution in [0.2, 0.25) is 5.02 Å². The molecule has 1 aliphatic carbocycles. The Morgan fingerprint density at radius 3 is 2.55 bits per heavy atom. The molecule has 22 heavy (non-hydrogen) atoms. The molecule has 1 saturated carbocycles. The van der Waals surface area contributed by atoms with Crippen LogP contribution in [0.5, 0.6) is 0 Å². The van der Waals surface area contributed by atoms with Gasteiger partial charge >= 0.3 is 0 Å². The summed E-state index contributed by atoms with van der Waals surface area (Å²) in [7, 11) is 1.55. The van der Waals surface area contributed by atoms with Gasteiger partial charge in [-0.15, -0.1) is 0 Å². The fraction of sp³-hybridized carbons (Fsp3) is 0.500. The fourth-order valence-corrected chi connectivity index (χ4v) is 3.13. The third-order valence-corrected chi connectivity index (χ3v) is 4.38. The molecule has 0 aromatic heterocycles. The molecule has 1 atom stereocenters. The van der Waals surface area contributed by atoms with E-state index in [0.717, 1.165) is 19.3 Å². The van der Waals surface area contributed by atoms with Crippen molar-refractivity contribution < 1.29 is 14.7 Å². The topological polar surface area (TPSA) is 78.4 Å². The van der Waals surface area contributed by atoms with Gasteiger partial charge < -0.3 is 15.7 Å². The Hall–Kier alpha value is -1.59. The molecule has 1 aliphatic rings. The van der Waals surface area contributed by atoms with Gasteiger partial charge in [-0.2, -0.15) is 0 Å². The molecular weight excluding hydrogens is 304 g/mol. The SMILES string of the molecule is CNC(=O)C1(NC(=O)[C@@H](O)c2cccc(Cl)c2)CCCCC1. The fourth-order valence-electron chi connectivity index (χ4n) is 2.94. The Labute approximate surface area is 135 Å². The van der Waals surface area contributed by atoms with Gasteiger partial charge in [0.25, 0.3) is 5.91 Å². The molecule has 0 aliphatic heterocycles. The van der Waals surface area contributed by atoms with Crippen LogP contribution in [0.1, 0.15) is 43.8 Å². The Bertz CT molecular complexity index is 556. The van der Waals surface area contributed by atoms with E-state index < -0.39 is 17.6 Å². The number of aliphatic hydroxyl groups is 1. The highest BCUT2D eigenvalue weighted by Gasteiger charge is 2.41. The third-order valence-electron chi connectivity index (χ3n) is 4.14. The van der Waals surface area contributed by atoms with Crippen molar-refractivity contribution >= 4 is 23.4 Å². The predicted molar refractivity (Wildman–Crippen MR) is 84.4 cm³/mol. The number of hydrogen-bond donors (Lipinski definition) is 3. The Morgan fingerprint density at radius 1 is 1.27 bits per heavy atom. The number of benzene rings is 1. The molecule has 0 bridgehead atoms. The van der Waals surface area contributed by atoms with Gasteiger partial charge in [-0.1, -0.05) is 43.0 Å². The standard InChI is InChI=1S/C16H21ClN2O3/c1-18-15(22)16(8-3-2-4-9-16)19-14(21)13(20)11-6-5-7-12(17)10-11/h5-7,10,13,20H,2-4,8-9H2,1H3,(H,18,22)(H,19,21)/t13-/m0/s1. The molecule has 0 heterocycles. The van der Waals surface area contributed by atoms with Gasteiger partial charge in [-0.25, -0.2) is 0 Å². The van der Waals surface area contributed by atoms with Gasteiger partial charge in [0.15, 0.2) is 6.10 Å². The van der Waals surface area contributed by atoms with Gasteiger partial charge in [0.1, 0.15) is 5.54 Å². The van der Waals surface area contributed by atoms with Gasteiger partial charge in [-0.05, 0) is 30.5 Å². The first-order valence-corrected chi connectivity index (χ1v) is 7.84. The van der Waals surface area contributed by atoms with Crippen LogP contribution in [0.25, 0.3) is 0 Å². The zero-order valence-electron chi connectivity index (χ0n) is 12.6. The van der Waals surface area contributed by atoms with E-state index >= 15 is 0 Å². The van der Waals surface area contributed by atoms with Crippen LogP contribution in [0.15, 0.2) is 24.3 Å². The van der Waals surface area contributed by atoms with Crippen molar-refractivity contribution in [2.24, 2.45) is 0 Å². The highest BCUT2D eigenvalue weighted by Crippen LogP contribution is 2.29. The van der Waals surface area contributed by atoms with Crippen molar-refractivity contribution in [1.82, 2.24) is 10.6 Å². The van der Waals surface area contributed by atoms with Crippen molar-refractivity contribution in [2.75, 3.05) is 7.05 Å². The molecular formula is C16H21ClN2O3. The molecule has 0 unspecified atom stereocenters. The monoisotopic (exact) mass is 324 g/mol. The number of halogens is 1. The summed E-state index contributed by atoms with van der Waals surface area (Å²) >= 11 is 5.88. The van der Waals surface area contributed by atoms with Gasteiger partial charge in [0, 0.05) is 12.1 Å². The molecule has 2 amide bonds. The number of aliphatic hydroxyl groups excluding tert-OH is 1. The van der Waals surface area contributed by atoms with E-state index in [9.17, 15) is 14.7 Å². The summed E-state index contributed by atoms with van der Waals surface area (Å²) < 4.78 is 0. The lowest BCUT2D eigenvalue weighted by atomic mass is 9.80. The van der Waals surface area contributed by atoms with Crippen LogP contribution >= 0.6 is 11.6 Å². The van der Waals surface area contributed by atoms with E-state index in [1.165, 1.54) is 0 Å². The highest BCUT2D eigenvalue weighted by atomic mass is 35.5. The second-order valence-corrected chi connectivity index (χ2v) is 6.11. The number of nitrogens with one attached hydrogen (secondary N) is 2. The van der Waals surface area contributed by atoms with Crippen LogP contribution in [-0.4, -0.2) is 29.5 Å². The molecule has 1 fully saturated rings. The average Bonchev–Trinajstić information content (AvgIpc) is 2.54. The molecule has 1 aromatic carbocycles. The maximum atomic E-state index is 12.4. The summed E-state index contributed by atoms with van der Waals surface area (Å²) in [6, 6.07) is 6.51. The summed E-state index contributed by atoms with van der Waals surface area (Å²) in [4.78, 5) is 24.6. The van der Waals surface area contributed by atoms with Crippen LogP contribution in [0.4, 0.5) is 0 Å². The van der Waals surface area contributed by atoms with Gasteiger partial charge in [0.2, 0.25) is 5.91 Å². The molecule has 3 N–H and O–H groups in total. The summed E-state index contributed by atoms with van der Waals surface area (Å²) in [5.41, 5.74) is -0.517. The number of amides is 2. The van der Waals surface area contributed by atoms with Crippen molar-refractivity contribution in [3.63, 3.8) is 0 Å². The number of rotatable bonds is 4. The lowest BCUT2D eigenvalue weighted by Crippen LogP contribution is -2.59. The third kappa shape index (κ3) is 3.59. The van der Waals surface area contributed by atoms with Crippen molar-refractivity contribution in [3.8, 4) is 0 Å². The molecule has 0 spiro atoms. The van der Waals surface area contributed by atoms with Crippen molar-refractivity contribution in [3.05, 3.63) is 34.9 Å². The van der Waals surface area contributed by atoms with E-state index in [-0.39, 0.29) is 5.91 Å². The number of carbonyl (C=O) groups excluding carboxylic acids is 2. The summed E-state index contributed by atoms with van der Waals surface area (Å²) in [6.07, 6.45) is 2.62. The minimum absolute atomic E-state index is 0.209. The summed E-state index contributed by atoms with van der Waals surface area (Å²) in [5.74, 6) is -0.786. The number of hydrogen-bond acceptors (Lipinski definition) is 3. The zero-order chi connectivity index (χ0) is 16.2. The minimum Gasteiger partial charge on any atom is -0.378 e. The summed E-state index contributed by atoms with van der Waals surface area (Å²) in [6.45, 7) is 0. The number of carbonyl (C=O) groups is 2. The zero-order valence-corrected chi connectivity index (χ0v) is 13.3. The predicted octanol–water partition coefficient (Wildman–Crippen LogP) is 1.94. The molecule has 6 heteroatoms. The maximum Gasteiger partial charge on any atom is 0.254 e. The second-order valence-electron chi connectivity index (χ2n) is 5.67. The lowest BCUT2D eigenvalue weighted by molar-refractivity contribution is -0.139. The Balaban J connectivity index is 2.15. The first-order chi connectivity index (χ1) is 10.5. The minimum atomic E-state index is -1.35. The van der Waals surface area contributed by atoms with E-state index in [2.05, 4.69) is 10.6 Å². The molecule has 0 radical (unpaired) electrons. The van der Waals surface area contributed by atoms with Crippen LogP contribution in [0, 0.1) is 0 Å². The van der Waals surface area contributed by atoms with E-state index in [1.54, 1.807) is 31.3 Å². The molecule has 2 rings (SSSR count). The molecule has 120 valence electrons. The van der Waals surface area contributed by atoms with Gasteiger partial charge in [-0.3, -0.25) is 9.59 Å². The highest BCUT2D eigenvalue weighted by molar-refractivity contribution is 6.30. The van der Waals surface area contributed by atoms with Crippen LogP contribution < -0.4 is 10.6 Å². The Kier molecular flexibility index (Phi) is 5.42. The quantitative estimate of drug-likeness (QED) is 0.792. The number of likely N-dealkylation sites (N-methyl/N-ethyl adjacent to an activating group) is 1. The smallest absolute Gasteiger partial charge is 0.254 e. The van der Waals surface area contributed by atoms with Crippen LogP contribution in [-0.2, 0) is 9.59 Å². The molecule has 0 saturated heterocycles. The maximum absolute atomic E-state index is 12.4. The first kappa shape index (κ1) is 16.8. The van der Waals surface area contributed by atoms with Crippen LogP contribution in [0.3, 0.4) is 0 Å². The van der Waals surface area contributed by atoms with Crippen molar-refractivity contribution in [2.45, 2.75) is 43.7 Å². The van der Waals surface area contributed by atoms with E-state index in [1.807, 2.05) is 0 Å². The van der Waals surface area contributed by atoms with E-state index in [0.29, 0.717) is 23.4 Å². The van der Waals surface area contributed by atoms with Crippen molar-refractivity contribution in [1.29, 1.82) is 0 Å². The first-order valence-electron chi connectivity index (χ1n) is 7.46. The average molecular weight is 325 g/mol. The Morgan fingerprint density at radius 2 is 1.95 bits per heavy atom. The lowest BCUT2D eigenvalue weighted by Gasteiger charge is -2.36. The summed E-state index contributed by atoms with van der Waals surface area (Å²) in [5, 5.41) is 16.0.